The van der Waals surface area contributed by atoms with Gasteiger partial charge in [-0.1, -0.05) is 25.1 Å². The average Bonchev–Trinajstić information content (AvgIpc) is 3.60. The van der Waals surface area contributed by atoms with E-state index in [9.17, 15) is 18.0 Å². The minimum absolute atomic E-state index is 0.0252. The molecule has 186 valence electrons. The van der Waals surface area contributed by atoms with Crippen LogP contribution in [0.25, 0.3) is 0 Å². The number of carbonyl (C=O) groups excluding carboxylic acids is 1. The van der Waals surface area contributed by atoms with E-state index in [-0.39, 0.29) is 30.7 Å². The third kappa shape index (κ3) is 5.32. The van der Waals surface area contributed by atoms with Crippen molar-refractivity contribution in [2.24, 2.45) is 16.3 Å². The highest BCUT2D eigenvalue weighted by Gasteiger charge is 2.63. The van der Waals surface area contributed by atoms with E-state index in [1.54, 1.807) is 19.0 Å². The van der Waals surface area contributed by atoms with Crippen molar-refractivity contribution in [1.82, 2.24) is 9.80 Å². The first kappa shape index (κ1) is 24.8. The summed E-state index contributed by atoms with van der Waals surface area (Å²) in [4.78, 5) is 20.3. The first-order valence-electron chi connectivity index (χ1n) is 12.0. The Balaban J connectivity index is 1.23. The van der Waals surface area contributed by atoms with Crippen molar-refractivity contribution in [2.75, 3.05) is 46.9 Å². The molecule has 1 unspecified atom stereocenters. The van der Waals surface area contributed by atoms with Crippen LogP contribution in [0.3, 0.4) is 0 Å². The minimum atomic E-state index is -4.08. The summed E-state index contributed by atoms with van der Waals surface area (Å²) < 4.78 is 45.6. The van der Waals surface area contributed by atoms with Gasteiger partial charge in [0.25, 0.3) is 5.91 Å². The molecule has 0 spiro atoms. The number of hydrogen-bond acceptors (Lipinski definition) is 4. The van der Waals surface area contributed by atoms with Crippen molar-refractivity contribution >= 4 is 11.8 Å². The Morgan fingerprint density at radius 2 is 1.82 bits per heavy atom. The summed E-state index contributed by atoms with van der Waals surface area (Å²) in [7, 11) is 3.47. The first-order valence-corrected chi connectivity index (χ1v) is 12.0. The predicted octanol–water partition coefficient (Wildman–Crippen LogP) is 4.69. The quantitative estimate of drug-likeness (QED) is 0.598. The molecule has 2 aliphatic heterocycles. The normalized spacial score (nSPS) is 25.1. The number of piperidine rings is 1. The summed E-state index contributed by atoms with van der Waals surface area (Å²) >= 11 is 0. The maximum atomic E-state index is 13.2. The van der Waals surface area contributed by atoms with E-state index in [1.165, 1.54) is 0 Å². The summed E-state index contributed by atoms with van der Waals surface area (Å²) in [6, 6.07) is 7.64. The van der Waals surface area contributed by atoms with Gasteiger partial charge in [-0.2, -0.15) is 13.2 Å². The predicted molar refractivity (Wildman–Crippen MR) is 126 cm³/mol. The molecule has 1 saturated carbocycles. The van der Waals surface area contributed by atoms with E-state index in [0.29, 0.717) is 43.6 Å². The van der Waals surface area contributed by atoms with Gasteiger partial charge in [0, 0.05) is 31.6 Å². The smallest absolute Gasteiger partial charge is 0.395 e. The fourth-order valence-corrected chi connectivity index (χ4v) is 4.76. The molecule has 0 N–H and O–H groups in total. The SMILES string of the molecule is CN(C)C(=O)c1ccc(C2(C)C=CC(OCC3CCN(CC4(C(F)(F)F)CC4)CC3)=NC2)cc1. The highest BCUT2D eigenvalue weighted by molar-refractivity contribution is 5.94. The van der Waals surface area contributed by atoms with Crippen LogP contribution in [0.5, 0.6) is 0 Å². The fraction of sp³-hybridized carbons (Fsp3) is 0.615. The topological polar surface area (TPSA) is 45.1 Å². The van der Waals surface area contributed by atoms with Crippen LogP contribution in [0.2, 0.25) is 0 Å². The number of halogens is 3. The molecule has 34 heavy (non-hydrogen) atoms. The summed E-state index contributed by atoms with van der Waals surface area (Å²) in [5, 5.41) is 0. The Bertz CT molecular complexity index is 943. The molecule has 0 aromatic heterocycles. The maximum Gasteiger partial charge on any atom is 0.395 e. The molecule has 1 atom stereocenters. The molecule has 5 nitrogen and oxygen atoms in total. The Morgan fingerprint density at radius 1 is 1.18 bits per heavy atom. The molecule has 1 aromatic rings. The monoisotopic (exact) mass is 477 g/mol. The Morgan fingerprint density at radius 3 is 2.32 bits per heavy atom. The molecule has 1 aliphatic carbocycles. The van der Waals surface area contributed by atoms with Crippen LogP contribution in [0, 0.1) is 11.3 Å². The number of likely N-dealkylation sites (tertiary alicyclic amines) is 1. The van der Waals surface area contributed by atoms with Crippen molar-refractivity contribution in [3.8, 4) is 0 Å². The van der Waals surface area contributed by atoms with Gasteiger partial charge < -0.3 is 14.5 Å². The Labute approximate surface area is 199 Å². The summed E-state index contributed by atoms with van der Waals surface area (Å²) in [6.45, 7) is 4.73. The van der Waals surface area contributed by atoms with Gasteiger partial charge in [0.15, 0.2) is 0 Å². The Kier molecular flexibility index (Phi) is 6.82. The number of rotatable bonds is 6. The average molecular weight is 478 g/mol. The van der Waals surface area contributed by atoms with Gasteiger partial charge in [-0.15, -0.1) is 0 Å². The van der Waals surface area contributed by atoms with Gasteiger partial charge in [0.05, 0.1) is 18.6 Å². The summed E-state index contributed by atoms with van der Waals surface area (Å²) in [5.74, 6) is 0.916. The largest absolute Gasteiger partial charge is 0.478 e. The van der Waals surface area contributed by atoms with Crippen molar-refractivity contribution in [1.29, 1.82) is 0 Å². The van der Waals surface area contributed by atoms with E-state index in [2.05, 4.69) is 18.0 Å². The van der Waals surface area contributed by atoms with E-state index >= 15 is 0 Å². The lowest BCUT2D eigenvalue weighted by Crippen LogP contribution is -2.43. The number of dihydropyridines is 1. The highest BCUT2D eigenvalue weighted by atomic mass is 19.4. The summed E-state index contributed by atoms with van der Waals surface area (Å²) in [5.41, 5.74) is 0.0185. The number of ether oxygens (including phenoxy) is 1. The molecule has 2 fully saturated rings. The molecule has 1 aromatic carbocycles. The maximum absolute atomic E-state index is 13.2. The van der Waals surface area contributed by atoms with Crippen LogP contribution < -0.4 is 0 Å². The molecule has 2 heterocycles. The second-order valence-electron chi connectivity index (χ2n) is 10.5. The molecule has 1 amide bonds. The van der Waals surface area contributed by atoms with E-state index in [0.717, 1.165) is 18.4 Å². The number of nitrogens with zero attached hydrogens (tertiary/aromatic N) is 3. The van der Waals surface area contributed by atoms with Crippen molar-refractivity contribution in [3.05, 3.63) is 47.5 Å². The second-order valence-corrected chi connectivity index (χ2v) is 10.5. The van der Waals surface area contributed by atoms with Crippen LogP contribution in [0.4, 0.5) is 13.2 Å². The van der Waals surface area contributed by atoms with Crippen molar-refractivity contribution in [3.63, 3.8) is 0 Å². The lowest BCUT2D eigenvalue weighted by Gasteiger charge is -2.35. The first-order chi connectivity index (χ1) is 16.0. The van der Waals surface area contributed by atoms with Crippen LogP contribution in [-0.2, 0) is 10.2 Å². The Hall–Kier alpha value is -2.35. The van der Waals surface area contributed by atoms with E-state index in [1.807, 2.05) is 35.2 Å². The van der Waals surface area contributed by atoms with Gasteiger partial charge >= 0.3 is 6.18 Å². The molecular formula is C26H34F3N3O2. The third-order valence-electron chi connectivity index (χ3n) is 7.51. The molecule has 0 radical (unpaired) electrons. The van der Waals surface area contributed by atoms with Crippen LogP contribution >= 0.6 is 0 Å². The molecule has 3 aliphatic rings. The van der Waals surface area contributed by atoms with E-state index in [4.69, 9.17) is 4.74 Å². The van der Waals surface area contributed by atoms with Crippen molar-refractivity contribution in [2.45, 2.75) is 44.2 Å². The lowest BCUT2D eigenvalue weighted by atomic mass is 9.81. The molecule has 4 rings (SSSR count). The zero-order chi connectivity index (χ0) is 24.6. The molecule has 1 saturated heterocycles. The number of aliphatic imine (C=N–C) groups is 1. The number of hydrogen-bond donors (Lipinski definition) is 0. The number of carbonyl (C=O) groups is 1. The zero-order valence-electron chi connectivity index (χ0n) is 20.2. The van der Waals surface area contributed by atoms with Crippen molar-refractivity contribution < 1.29 is 22.7 Å². The highest BCUT2D eigenvalue weighted by Crippen LogP contribution is 2.58. The third-order valence-corrected chi connectivity index (χ3v) is 7.51. The second kappa shape index (κ2) is 9.36. The zero-order valence-corrected chi connectivity index (χ0v) is 20.2. The van der Waals surface area contributed by atoms with Crippen LogP contribution in [-0.4, -0.2) is 74.7 Å². The number of alkyl halides is 3. The van der Waals surface area contributed by atoms with Gasteiger partial charge in [0.1, 0.15) is 0 Å². The number of amides is 1. The van der Waals surface area contributed by atoms with Crippen LogP contribution in [0.1, 0.15) is 48.5 Å². The van der Waals surface area contributed by atoms with Gasteiger partial charge in [-0.05, 0) is 68.5 Å². The van der Waals surface area contributed by atoms with Gasteiger partial charge in [0.2, 0.25) is 5.90 Å². The number of benzene rings is 1. The molecular weight excluding hydrogens is 443 g/mol. The minimum Gasteiger partial charge on any atom is -0.478 e. The van der Waals surface area contributed by atoms with Gasteiger partial charge in [-0.25, -0.2) is 0 Å². The lowest BCUT2D eigenvalue weighted by molar-refractivity contribution is -0.192. The standard InChI is InChI=1S/C26H34F3N3O2/c1-24(21-6-4-20(5-7-21)23(33)31(2)3)11-8-22(30-17-24)34-16-19-9-14-32(15-10-19)18-25(12-13-25)26(27,28)29/h4-8,11,19H,9-10,12-18H2,1-3H3. The van der Waals surface area contributed by atoms with Gasteiger partial charge in [-0.3, -0.25) is 9.79 Å². The molecule has 0 bridgehead atoms. The van der Waals surface area contributed by atoms with E-state index < -0.39 is 11.6 Å². The molecule has 8 heteroatoms. The fourth-order valence-electron chi connectivity index (χ4n) is 4.76. The summed E-state index contributed by atoms with van der Waals surface area (Å²) in [6.07, 6.45) is 2.14. The van der Waals surface area contributed by atoms with Crippen LogP contribution in [0.15, 0.2) is 41.4 Å².